The van der Waals surface area contributed by atoms with E-state index >= 15 is 4.39 Å². The number of H-pyrrole nitrogens is 1. The molecule has 5 heteroatoms. The number of rotatable bonds is 8. The van der Waals surface area contributed by atoms with E-state index in [-0.39, 0.29) is 11.9 Å². The predicted octanol–water partition coefficient (Wildman–Crippen LogP) is 5.27. The number of hydrogen-bond acceptors (Lipinski definition) is 3. The van der Waals surface area contributed by atoms with Crippen molar-refractivity contribution in [3.05, 3.63) is 87.6 Å². The van der Waals surface area contributed by atoms with Crippen LogP contribution in [0.4, 0.5) is 10.1 Å². The quantitative estimate of drug-likeness (QED) is 0.483. The Morgan fingerprint density at radius 3 is 2.47 bits per heavy atom. The summed E-state index contributed by atoms with van der Waals surface area (Å²) in [5.74, 6) is 0.487. The normalized spacial score (nSPS) is 13.9. The average molecular weight is 459 g/mol. The van der Waals surface area contributed by atoms with Gasteiger partial charge in [-0.2, -0.15) is 0 Å². The van der Waals surface area contributed by atoms with Gasteiger partial charge in [0.15, 0.2) is 0 Å². The molecule has 3 aromatic rings. The maximum atomic E-state index is 15.7. The fraction of sp³-hybridized carbons (Fsp3) is 0.345. The van der Waals surface area contributed by atoms with Gasteiger partial charge < -0.3 is 15.6 Å². The molecule has 34 heavy (non-hydrogen) atoms. The number of nitrogens with one attached hydrogen (secondary N) is 1. The van der Waals surface area contributed by atoms with Gasteiger partial charge in [0.05, 0.1) is 5.69 Å². The molecule has 0 saturated heterocycles. The zero-order valence-electron chi connectivity index (χ0n) is 20.7. The Balaban J connectivity index is 1.78. The van der Waals surface area contributed by atoms with Crippen LogP contribution in [0.15, 0.2) is 53.8 Å². The SMILES string of the molecule is C=C1N=c2[nH]c(-c3cc(CCCC(C)N)c(CC)c(CC)c3F)cc2=CN1c1ccc(C)cc1. The van der Waals surface area contributed by atoms with E-state index in [0.29, 0.717) is 23.3 Å². The first-order chi connectivity index (χ1) is 16.3. The second-order valence-corrected chi connectivity index (χ2v) is 9.28. The molecule has 1 aromatic heterocycles. The van der Waals surface area contributed by atoms with E-state index in [4.69, 9.17) is 5.73 Å². The van der Waals surface area contributed by atoms with Crippen molar-refractivity contribution in [2.24, 2.45) is 10.7 Å². The van der Waals surface area contributed by atoms with E-state index in [9.17, 15) is 0 Å². The number of nitrogens with zero attached hydrogens (tertiary/aromatic N) is 2. The van der Waals surface area contributed by atoms with Crippen LogP contribution in [0.2, 0.25) is 0 Å². The summed E-state index contributed by atoms with van der Waals surface area (Å²) < 4.78 is 15.7. The van der Waals surface area contributed by atoms with Crippen LogP contribution in [0, 0.1) is 12.7 Å². The number of benzene rings is 2. The van der Waals surface area contributed by atoms with Crippen LogP contribution in [0.5, 0.6) is 0 Å². The second-order valence-electron chi connectivity index (χ2n) is 9.28. The third kappa shape index (κ3) is 4.71. The number of aromatic amines is 1. The molecule has 0 saturated carbocycles. The maximum Gasteiger partial charge on any atom is 0.141 e. The van der Waals surface area contributed by atoms with Gasteiger partial charge in [-0.3, -0.25) is 0 Å². The van der Waals surface area contributed by atoms with Crippen molar-refractivity contribution in [1.82, 2.24) is 4.98 Å². The minimum absolute atomic E-state index is 0.136. The minimum atomic E-state index is -0.136. The molecule has 1 aliphatic heterocycles. The zero-order valence-corrected chi connectivity index (χ0v) is 20.7. The van der Waals surface area contributed by atoms with Gasteiger partial charge in [0.2, 0.25) is 0 Å². The highest BCUT2D eigenvalue weighted by atomic mass is 19.1. The standard InChI is InChI=1S/C29H35FN4/c1-6-24-21(10-8-9-19(4)31)15-26(28(30)25(24)7-2)27-16-22-17-34(20(5)32-29(22)33-27)23-13-11-18(3)12-14-23/h11-17,19H,5-10,31H2,1-4H3,(H,32,33). The monoisotopic (exact) mass is 458 g/mol. The number of fused-ring (bicyclic) bond motifs is 1. The third-order valence-electron chi connectivity index (χ3n) is 6.60. The molecular weight excluding hydrogens is 423 g/mol. The number of hydrogen-bond donors (Lipinski definition) is 2. The summed E-state index contributed by atoms with van der Waals surface area (Å²) in [6.07, 6.45) is 6.35. The summed E-state index contributed by atoms with van der Waals surface area (Å²) in [7, 11) is 0. The van der Waals surface area contributed by atoms with E-state index in [2.05, 4.69) is 54.7 Å². The molecule has 0 fully saturated rings. The van der Waals surface area contributed by atoms with Crippen LogP contribution in [-0.4, -0.2) is 11.0 Å². The van der Waals surface area contributed by atoms with Crippen LogP contribution < -0.4 is 21.3 Å². The Kier molecular flexibility index (Phi) is 7.03. The van der Waals surface area contributed by atoms with Crippen LogP contribution in [0.25, 0.3) is 17.5 Å². The summed E-state index contributed by atoms with van der Waals surface area (Å²) in [4.78, 5) is 9.99. The van der Waals surface area contributed by atoms with Gasteiger partial charge >= 0.3 is 0 Å². The Bertz CT molecular complexity index is 1320. The molecule has 0 amide bonds. The third-order valence-corrected chi connectivity index (χ3v) is 6.60. The van der Waals surface area contributed by atoms with Crippen molar-refractivity contribution in [3.63, 3.8) is 0 Å². The molecule has 3 N–H and O–H groups in total. The van der Waals surface area contributed by atoms with Crippen molar-refractivity contribution in [2.45, 2.75) is 65.8 Å². The summed E-state index contributed by atoms with van der Waals surface area (Å²) >= 11 is 0. The van der Waals surface area contributed by atoms with Gasteiger partial charge in [0.1, 0.15) is 17.1 Å². The topological polar surface area (TPSA) is 57.4 Å². The molecule has 178 valence electrons. The molecule has 2 aromatic carbocycles. The lowest BCUT2D eigenvalue weighted by Gasteiger charge is -2.21. The van der Waals surface area contributed by atoms with Gasteiger partial charge in [-0.25, -0.2) is 9.38 Å². The molecular formula is C29H35FN4. The van der Waals surface area contributed by atoms with E-state index in [1.54, 1.807) is 0 Å². The number of anilines is 1. The molecule has 1 atom stereocenters. The predicted molar refractivity (Wildman–Crippen MR) is 140 cm³/mol. The Morgan fingerprint density at radius 1 is 1.12 bits per heavy atom. The number of aromatic nitrogens is 1. The molecule has 0 bridgehead atoms. The Hall–Kier alpha value is -3.18. The van der Waals surface area contributed by atoms with Crippen LogP contribution in [0.1, 0.15) is 55.9 Å². The van der Waals surface area contributed by atoms with Gasteiger partial charge in [-0.1, -0.05) is 38.1 Å². The smallest absolute Gasteiger partial charge is 0.141 e. The maximum absolute atomic E-state index is 15.7. The first kappa shape index (κ1) is 24.0. The fourth-order valence-corrected chi connectivity index (χ4v) is 4.78. The molecule has 0 radical (unpaired) electrons. The lowest BCUT2D eigenvalue weighted by molar-refractivity contribution is 0.603. The number of halogens is 1. The van der Waals surface area contributed by atoms with Gasteiger partial charge in [-0.05, 0) is 86.9 Å². The molecule has 0 spiro atoms. The van der Waals surface area contributed by atoms with Crippen molar-refractivity contribution in [1.29, 1.82) is 0 Å². The molecule has 2 heterocycles. The molecule has 1 unspecified atom stereocenters. The second kappa shape index (κ2) is 9.98. The van der Waals surface area contributed by atoms with Gasteiger partial charge in [0.25, 0.3) is 0 Å². The molecule has 1 aliphatic rings. The van der Waals surface area contributed by atoms with Crippen LogP contribution >= 0.6 is 0 Å². The van der Waals surface area contributed by atoms with Gasteiger partial charge in [-0.15, -0.1) is 0 Å². The van der Waals surface area contributed by atoms with Gasteiger partial charge in [0, 0.05) is 28.7 Å². The summed E-state index contributed by atoms with van der Waals surface area (Å²) in [6.45, 7) is 12.4. The van der Waals surface area contributed by atoms with Crippen LogP contribution in [-0.2, 0) is 19.3 Å². The minimum Gasteiger partial charge on any atom is -0.339 e. The fourth-order valence-electron chi connectivity index (χ4n) is 4.78. The highest BCUT2D eigenvalue weighted by Gasteiger charge is 2.20. The summed E-state index contributed by atoms with van der Waals surface area (Å²) in [5, 5.41) is 0.915. The first-order valence-electron chi connectivity index (χ1n) is 12.3. The van der Waals surface area contributed by atoms with Crippen LogP contribution in [0.3, 0.4) is 0 Å². The highest BCUT2D eigenvalue weighted by Crippen LogP contribution is 2.31. The average Bonchev–Trinajstić information content (AvgIpc) is 3.21. The highest BCUT2D eigenvalue weighted by molar-refractivity contribution is 5.68. The summed E-state index contributed by atoms with van der Waals surface area (Å²) in [6, 6.07) is 12.4. The lowest BCUT2D eigenvalue weighted by Crippen LogP contribution is -2.33. The number of nitrogens with two attached hydrogens (primary N) is 1. The van der Waals surface area contributed by atoms with E-state index in [0.717, 1.165) is 53.4 Å². The lowest BCUT2D eigenvalue weighted by atomic mass is 9.89. The molecule has 4 nitrogen and oxygen atoms in total. The molecule has 4 rings (SSSR count). The Morgan fingerprint density at radius 2 is 1.82 bits per heavy atom. The van der Waals surface area contributed by atoms with Crippen molar-refractivity contribution >= 4 is 11.9 Å². The van der Waals surface area contributed by atoms with Crippen molar-refractivity contribution in [3.8, 4) is 11.3 Å². The largest absolute Gasteiger partial charge is 0.339 e. The zero-order chi connectivity index (χ0) is 24.4. The first-order valence-corrected chi connectivity index (χ1v) is 12.3. The summed E-state index contributed by atoms with van der Waals surface area (Å²) in [5.41, 5.74) is 13.4. The van der Waals surface area contributed by atoms with E-state index in [1.165, 1.54) is 11.1 Å². The van der Waals surface area contributed by atoms with E-state index < -0.39 is 0 Å². The van der Waals surface area contributed by atoms with E-state index in [1.807, 2.05) is 37.1 Å². The molecule has 0 aliphatic carbocycles. The number of aryl methyl sites for hydroxylation is 2. The van der Waals surface area contributed by atoms with Crippen molar-refractivity contribution < 1.29 is 4.39 Å². The Labute approximate surface area is 201 Å². The van der Waals surface area contributed by atoms with Crippen molar-refractivity contribution in [2.75, 3.05) is 4.90 Å².